The van der Waals surface area contributed by atoms with Gasteiger partial charge in [-0.05, 0) is 13.2 Å². The van der Waals surface area contributed by atoms with Crippen LogP contribution in [0, 0.1) is 0 Å². The number of nitrogens with one attached hydrogen (secondary N) is 1. The number of thioether (sulfide) groups is 1. The normalized spacial score (nSPS) is 16.7. The molecular formula is C8H16F3NOS. The maximum absolute atomic E-state index is 11.8. The van der Waals surface area contributed by atoms with Crippen LogP contribution >= 0.6 is 11.8 Å². The molecule has 2 nitrogen and oxygen atoms in total. The molecule has 2 unspecified atom stereocenters. The summed E-state index contributed by atoms with van der Waals surface area (Å²) in [5.74, 6) is 0. The fourth-order valence-corrected chi connectivity index (χ4v) is 1.66. The highest BCUT2D eigenvalue weighted by Gasteiger charge is 2.26. The molecule has 0 bridgehead atoms. The van der Waals surface area contributed by atoms with Gasteiger partial charge in [-0.2, -0.15) is 24.9 Å². The van der Waals surface area contributed by atoms with E-state index < -0.39 is 12.6 Å². The van der Waals surface area contributed by atoms with Crippen LogP contribution in [-0.2, 0) is 0 Å². The lowest BCUT2D eigenvalue weighted by molar-refractivity contribution is -0.133. The monoisotopic (exact) mass is 231 g/mol. The van der Waals surface area contributed by atoms with Gasteiger partial charge in [0.25, 0.3) is 0 Å². The van der Waals surface area contributed by atoms with Crippen LogP contribution in [0.1, 0.15) is 13.3 Å². The quantitative estimate of drug-likeness (QED) is 0.729. The molecule has 14 heavy (non-hydrogen) atoms. The van der Waals surface area contributed by atoms with Crippen molar-refractivity contribution in [2.45, 2.75) is 30.8 Å². The van der Waals surface area contributed by atoms with E-state index in [9.17, 15) is 13.2 Å². The predicted octanol–water partition coefficient (Wildman–Crippen LogP) is 1.64. The molecule has 0 aliphatic carbocycles. The van der Waals surface area contributed by atoms with E-state index in [1.165, 1.54) is 11.8 Å². The van der Waals surface area contributed by atoms with Crippen molar-refractivity contribution < 1.29 is 18.3 Å². The number of alkyl halides is 3. The minimum Gasteiger partial charge on any atom is -0.395 e. The van der Waals surface area contributed by atoms with Gasteiger partial charge in [-0.15, -0.1) is 0 Å². The second-order valence-electron chi connectivity index (χ2n) is 3.06. The summed E-state index contributed by atoms with van der Waals surface area (Å²) in [5, 5.41) is 11.6. The highest BCUT2D eigenvalue weighted by Crippen LogP contribution is 2.18. The molecule has 0 aliphatic rings. The van der Waals surface area contributed by atoms with Gasteiger partial charge in [0, 0.05) is 17.8 Å². The van der Waals surface area contributed by atoms with Crippen molar-refractivity contribution in [1.82, 2.24) is 5.32 Å². The molecule has 0 aromatic rings. The van der Waals surface area contributed by atoms with E-state index >= 15 is 0 Å². The Morgan fingerprint density at radius 1 is 1.43 bits per heavy atom. The molecule has 0 amide bonds. The molecule has 2 N–H and O–H groups in total. The molecule has 0 aromatic carbocycles. The second-order valence-corrected chi connectivity index (χ2v) is 4.14. The standard InChI is InChI=1S/C8H16F3NOS/c1-6(7(5-13)14-2)12-4-3-8(9,10)11/h6-7,12-13H,3-5H2,1-2H3. The van der Waals surface area contributed by atoms with Crippen molar-refractivity contribution in [3.63, 3.8) is 0 Å². The van der Waals surface area contributed by atoms with Crippen LogP contribution < -0.4 is 5.32 Å². The molecule has 0 rings (SSSR count). The summed E-state index contributed by atoms with van der Waals surface area (Å²) >= 11 is 1.44. The first-order valence-corrected chi connectivity index (χ1v) is 5.63. The fourth-order valence-electron chi connectivity index (χ4n) is 1.01. The summed E-state index contributed by atoms with van der Waals surface area (Å²) in [6.07, 6.45) is -3.12. The third-order valence-electron chi connectivity index (χ3n) is 1.92. The van der Waals surface area contributed by atoms with Crippen molar-refractivity contribution in [3.05, 3.63) is 0 Å². The first kappa shape index (κ1) is 14.1. The zero-order valence-electron chi connectivity index (χ0n) is 8.27. The van der Waals surface area contributed by atoms with Crippen LogP contribution in [0.2, 0.25) is 0 Å². The minimum absolute atomic E-state index is 0.0264. The highest BCUT2D eigenvalue weighted by molar-refractivity contribution is 7.99. The van der Waals surface area contributed by atoms with Crippen LogP contribution in [0.15, 0.2) is 0 Å². The van der Waals surface area contributed by atoms with E-state index in [1.54, 1.807) is 6.92 Å². The number of hydrogen-bond donors (Lipinski definition) is 2. The Labute approximate surface area is 86.3 Å². The van der Waals surface area contributed by atoms with E-state index in [4.69, 9.17) is 5.11 Å². The lowest BCUT2D eigenvalue weighted by Gasteiger charge is -2.21. The van der Waals surface area contributed by atoms with E-state index in [-0.39, 0.29) is 24.4 Å². The maximum Gasteiger partial charge on any atom is 0.390 e. The zero-order valence-corrected chi connectivity index (χ0v) is 9.08. The Hall–Kier alpha value is 0.0600. The Morgan fingerprint density at radius 3 is 2.36 bits per heavy atom. The molecule has 0 radical (unpaired) electrons. The Balaban J connectivity index is 3.67. The van der Waals surface area contributed by atoms with Gasteiger partial charge < -0.3 is 10.4 Å². The van der Waals surface area contributed by atoms with E-state index in [0.717, 1.165) is 0 Å². The van der Waals surface area contributed by atoms with Crippen molar-refractivity contribution in [2.75, 3.05) is 19.4 Å². The SMILES string of the molecule is CSC(CO)C(C)NCCC(F)(F)F. The van der Waals surface area contributed by atoms with Crippen molar-refractivity contribution in [2.24, 2.45) is 0 Å². The smallest absolute Gasteiger partial charge is 0.390 e. The molecule has 6 heteroatoms. The largest absolute Gasteiger partial charge is 0.395 e. The lowest BCUT2D eigenvalue weighted by atomic mass is 10.2. The second kappa shape index (κ2) is 6.53. The van der Waals surface area contributed by atoms with Crippen molar-refractivity contribution in [1.29, 1.82) is 0 Å². The Morgan fingerprint density at radius 2 is 2.00 bits per heavy atom. The fraction of sp³-hybridized carbons (Fsp3) is 1.00. The summed E-state index contributed by atoms with van der Waals surface area (Å²) in [5.41, 5.74) is 0. The summed E-state index contributed by atoms with van der Waals surface area (Å²) in [6, 6.07) is -0.114. The molecule has 0 saturated heterocycles. The maximum atomic E-state index is 11.8. The van der Waals surface area contributed by atoms with Crippen LogP contribution in [0.3, 0.4) is 0 Å². The van der Waals surface area contributed by atoms with E-state index in [1.807, 2.05) is 6.26 Å². The van der Waals surface area contributed by atoms with Gasteiger partial charge in [-0.1, -0.05) is 0 Å². The number of aliphatic hydroxyl groups is 1. The summed E-state index contributed by atoms with van der Waals surface area (Å²) in [4.78, 5) is 0. The molecule has 0 heterocycles. The molecule has 0 saturated carbocycles. The molecule has 2 atom stereocenters. The van der Waals surface area contributed by atoms with Crippen molar-refractivity contribution in [3.8, 4) is 0 Å². The Bertz CT molecular complexity index is 150. The minimum atomic E-state index is -4.11. The third kappa shape index (κ3) is 6.50. The van der Waals surface area contributed by atoms with Crippen LogP contribution in [0.5, 0.6) is 0 Å². The van der Waals surface area contributed by atoms with Gasteiger partial charge in [-0.25, -0.2) is 0 Å². The molecule has 0 fully saturated rings. The first-order valence-electron chi connectivity index (χ1n) is 4.34. The Kier molecular flexibility index (Phi) is 6.55. The zero-order chi connectivity index (χ0) is 11.2. The van der Waals surface area contributed by atoms with E-state index in [0.29, 0.717) is 0 Å². The van der Waals surface area contributed by atoms with Crippen LogP contribution in [-0.4, -0.2) is 42.0 Å². The predicted molar refractivity (Wildman–Crippen MR) is 52.5 cm³/mol. The van der Waals surface area contributed by atoms with Gasteiger partial charge in [-0.3, -0.25) is 0 Å². The summed E-state index contributed by atoms with van der Waals surface area (Å²) in [7, 11) is 0. The average Bonchev–Trinajstić information content (AvgIpc) is 2.04. The summed E-state index contributed by atoms with van der Waals surface area (Å²) in [6.45, 7) is 1.65. The summed E-state index contributed by atoms with van der Waals surface area (Å²) < 4.78 is 35.3. The van der Waals surface area contributed by atoms with Gasteiger partial charge in [0.15, 0.2) is 0 Å². The van der Waals surface area contributed by atoms with Gasteiger partial charge in [0.05, 0.1) is 13.0 Å². The average molecular weight is 231 g/mol. The van der Waals surface area contributed by atoms with Crippen LogP contribution in [0.4, 0.5) is 13.2 Å². The number of rotatable bonds is 6. The van der Waals surface area contributed by atoms with Crippen LogP contribution in [0.25, 0.3) is 0 Å². The van der Waals surface area contributed by atoms with E-state index in [2.05, 4.69) is 5.32 Å². The molecule has 0 aromatic heterocycles. The lowest BCUT2D eigenvalue weighted by Crippen LogP contribution is -2.39. The number of aliphatic hydroxyl groups excluding tert-OH is 1. The van der Waals surface area contributed by atoms with Gasteiger partial charge in [0.2, 0.25) is 0 Å². The molecule has 0 spiro atoms. The highest BCUT2D eigenvalue weighted by atomic mass is 32.2. The number of halogens is 3. The van der Waals surface area contributed by atoms with Crippen molar-refractivity contribution >= 4 is 11.8 Å². The van der Waals surface area contributed by atoms with Gasteiger partial charge in [0.1, 0.15) is 0 Å². The molecule has 86 valence electrons. The number of hydrogen-bond acceptors (Lipinski definition) is 3. The molecular weight excluding hydrogens is 215 g/mol. The third-order valence-corrected chi connectivity index (χ3v) is 3.08. The first-order chi connectivity index (χ1) is 6.40. The van der Waals surface area contributed by atoms with Gasteiger partial charge >= 0.3 is 6.18 Å². The molecule has 0 aliphatic heterocycles. The topological polar surface area (TPSA) is 32.3 Å².